The quantitative estimate of drug-likeness (QED) is 0.859. The van der Waals surface area contributed by atoms with Gasteiger partial charge < -0.3 is 15.6 Å². The van der Waals surface area contributed by atoms with Crippen LogP contribution in [0.15, 0.2) is 60.7 Å². The molecule has 0 fully saturated rings. The molecule has 0 bridgehead atoms. The zero-order valence-corrected chi connectivity index (χ0v) is 10.3. The van der Waals surface area contributed by atoms with Gasteiger partial charge in [-0.05, 0) is 17.7 Å². The molecule has 0 aromatic heterocycles. The van der Waals surface area contributed by atoms with E-state index in [0.29, 0.717) is 11.3 Å². The fourth-order valence-corrected chi connectivity index (χ4v) is 1.72. The SMILES string of the molecule is N[C@@](COc1ccccc1)(C(=O)O)c1ccccc1. The Hall–Kier alpha value is -2.33. The molecule has 0 heterocycles. The molecule has 0 saturated carbocycles. The number of carboxylic acids is 1. The smallest absolute Gasteiger partial charge is 0.331 e. The first-order valence-electron chi connectivity index (χ1n) is 5.88. The summed E-state index contributed by atoms with van der Waals surface area (Å²) >= 11 is 0. The molecule has 2 aromatic rings. The second-order valence-corrected chi connectivity index (χ2v) is 4.24. The molecule has 2 rings (SSSR count). The maximum absolute atomic E-state index is 11.4. The number of para-hydroxylation sites is 1. The molecule has 4 heteroatoms. The van der Waals surface area contributed by atoms with E-state index in [0.717, 1.165) is 0 Å². The third-order valence-corrected chi connectivity index (χ3v) is 2.88. The Morgan fingerprint density at radius 3 is 2.11 bits per heavy atom. The molecule has 0 aliphatic carbocycles. The lowest BCUT2D eigenvalue weighted by Crippen LogP contribution is -2.49. The number of aliphatic carboxylic acids is 1. The number of nitrogens with two attached hydrogens (primary N) is 1. The van der Waals surface area contributed by atoms with E-state index in [2.05, 4.69) is 0 Å². The van der Waals surface area contributed by atoms with E-state index in [-0.39, 0.29) is 6.61 Å². The van der Waals surface area contributed by atoms with Crippen molar-refractivity contribution in [2.75, 3.05) is 6.61 Å². The van der Waals surface area contributed by atoms with Gasteiger partial charge in [0.1, 0.15) is 12.4 Å². The Morgan fingerprint density at radius 1 is 1.05 bits per heavy atom. The lowest BCUT2D eigenvalue weighted by atomic mass is 9.92. The molecular formula is C15H15NO3. The van der Waals surface area contributed by atoms with Crippen molar-refractivity contribution in [3.63, 3.8) is 0 Å². The maximum atomic E-state index is 11.4. The van der Waals surface area contributed by atoms with E-state index < -0.39 is 11.5 Å². The van der Waals surface area contributed by atoms with Crippen LogP contribution in [0.25, 0.3) is 0 Å². The number of rotatable bonds is 5. The van der Waals surface area contributed by atoms with Crippen molar-refractivity contribution in [1.82, 2.24) is 0 Å². The van der Waals surface area contributed by atoms with Gasteiger partial charge in [0.15, 0.2) is 5.54 Å². The Balaban J connectivity index is 2.19. The van der Waals surface area contributed by atoms with Crippen molar-refractivity contribution in [3.05, 3.63) is 66.2 Å². The number of carbonyl (C=O) groups is 1. The Bertz CT molecular complexity index is 542. The number of benzene rings is 2. The van der Waals surface area contributed by atoms with Gasteiger partial charge in [0, 0.05) is 0 Å². The van der Waals surface area contributed by atoms with Crippen LogP contribution in [0, 0.1) is 0 Å². The van der Waals surface area contributed by atoms with Crippen LogP contribution in [0.5, 0.6) is 5.75 Å². The van der Waals surface area contributed by atoms with Crippen LogP contribution in [0.4, 0.5) is 0 Å². The number of ether oxygens (including phenoxy) is 1. The molecule has 4 nitrogen and oxygen atoms in total. The summed E-state index contributed by atoms with van der Waals surface area (Å²) in [6, 6.07) is 17.7. The standard InChI is InChI=1S/C15H15NO3/c16-15(14(17)18,12-7-3-1-4-8-12)11-19-13-9-5-2-6-10-13/h1-10H,11,16H2,(H,17,18)/t15-/m1/s1. The van der Waals surface area contributed by atoms with E-state index in [1.54, 1.807) is 36.4 Å². The molecular weight excluding hydrogens is 242 g/mol. The molecule has 98 valence electrons. The van der Waals surface area contributed by atoms with Gasteiger partial charge in [-0.25, -0.2) is 4.79 Å². The summed E-state index contributed by atoms with van der Waals surface area (Å²) in [5.41, 5.74) is 4.94. The van der Waals surface area contributed by atoms with Gasteiger partial charge in [-0.1, -0.05) is 48.5 Å². The van der Waals surface area contributed by atoms with Gasteiger partial charge in [-0.2, -0.15) is 0 Å². The van der Waals surface area contributed by atoms with Crippen LogP contribution in [0.2, 0.25) is 0 Å². The molecule has 3 N–H and O–H groups in total. The minimum Gasteiger partial charge on any atom is -0.491 e. The van der Waals surface area contributed by atoms with Crippen molar-refractivity contribution in [2.45, 2.75) is 5.54 Å². The summed E-state index contributed by atoms with van der Waals surface area (Å²) in [6.45, 7) is -0.129. The normalized spacial score (nSPS) is 13.5. The molecule has 2 aromatic carbocycles. The van der Waals surface area contributed by atoms with E-state index in [1.165, 1.54) is 0 Å². The topological polar surface area (TPSA) is 72.5 Å². The van der Waals surface area contributed by atoms with Gasteiger partial charge in [-0.15, -0.1) is 0 Å². The van der Waals surface area contributed by atoms with Crippen LogP contribution < -0.4 is 10.5 Å². The van der Waals surface area contributed by atoms with E-state index in [4.69, 9.17) is 10.5 Å². The Morgan fingerprint density at radius 2 is 1.58 bits per heavy atom. The largest absolute Gasteiger partial charge is 0.491 e. The highest BCUT2D eigenvalue weighted by Crippen LogP contribution is 2.20. The summed E-state index contributed by atoms with van der Waals surface area (Å²) < 4.78 is 5.48. The fourth-order valence-electron chi connectivity index (χ4n) is 1.72. The molecule has 0 amide bonds. The summed E-state index contributed by atoms with van der Waals surface area (Å²) in [7, 11) is 0. The molecule has 0 saturated heterocycles. The van der Waals surface area contributed by atoms with Crippen molar-refractivity contribution in [2.24, 2.45) is 5.73 Å². The van der Waals surface area contributed by atoms with Gasteiger partial charge in [0.05, 0.1) is 0 Å². The number of hydrogen-bond donors (Lipinski definition) is 2. The monoisotopic (exact) mass is 257 g/mol. The minimum atomic E-state index is -1.56. The lowest BCUT2D eigenvalue weighted by Gasteiger charge is -2.25. The highest BCUT2D eigenvalue weighted by atomic mass is 16.5. The average molecular weight is 257 g/mol. The second kappa shape index (κ2) is 5.54. The number of carboxylic acid groups (broad SMARTS) is 1. The first kappa shape index (κ1) is 13.1. The lowest BCUT2D eigenvalue weighted by molar-refractivity contribution is -0.145. The van der Waals surface area contributed by atoms with Crippen molar-refractivity contribution >= 4 is 5.97 Å². The van der Waals surface area contributed by atoms with Gasteiger partial charge >= 0.3 is 5.97 Å². The minimum absolute atomic E-state index is 0.129. The Labute approximate surface area is 111 Å². The van der Waals surface area contributed by atoms with Crippen molar-refractivity contribution in [3.8, 4) is 5.75 Å². The highest BCUT2D eigenvalue weighted by Gasteiger charge is 2.37. The third kappa shape index (κ3) is 2.92. The van der Waals surface area contributed by atoms with E-state index >= 15 is 0 Å². The second-order valence-electron chi connectivity index (χ2n) is 4.24. The highest BCUT2D eigenvalue weighted by molar-refractivity contribution is 5.80. The molecule has 0 aliphatic rings. The zero-order chi connectivity index (χ0) is 13.7. The molecule has 0 unspecified atom stereocenters. The predicted molar refractivity (Wildman–Crippen MR) is 71.9 cm³/mol. The molecule has 0 radical (unpaired) electrons. The van der Waals surface area contributed by atoms with Gasteiger partial charge in [0.25, 0.3) is 0 Å². The molecule has 0 spiro atoms. The van der Waals surface area contributed by atoms with Gasteiger partial charge in [0.2, 0.25) is 0 Å². The maximum Gasteiger partial charge on any atom is 0.331 e. The number of hydrogen-bond acceptors (Lipinski definition) is 3. The first-order valence-corrected chi connectivity index (χ1v) is 5.88. The third-order valence-electron chi connectivity index (χ3n) is 2.88. The fraction of sp³-hybridized carbons (Fsp3) is 0.133. The molecule has 1 atom stereocenters. The summed E-state index contributed by atoms with van der Waals surface area (Å²) in [6.07, 6.45) is 0. The van der Waals surface area contributed by atoms with E-state index in [9.17, 15) is 9.90 Å². The van der Waals surface area contributed by atoms with Crippen molar-refractivity contribution < 1.29 is 14.6 Å². The zero-order valence-electron chi connectivity index (χ0n) is 10.3. The summed E-state index contributed by atoms with van der Waals surface area (Å²) in [5, 5.41) is 9.36. The van der Waals surface area contributed by atoms with Gasteiger partial charge in [-0.3, -0.25) is 0 Å². The average Bonchev–Trinajstić information content (AvgIpc) is 2.46. The predicted octanol–water partition coefficient (Wildman–Crippen LogP) is 2.00. The van der Waals surface area contributed by atoms with Crippen LogP contribution >= 0.6 is 0 Å². The summed E-state index contributed by atoms with van der Waals surface area (Å²) in [5.74, 6) is -0.524. The van der Waals surface area contributed by atoms with Crippen LogP contribution in [0.3, 0.4) is 0 Å². The van der Waals surface area contributed by atoms with Crippen molar-refractivity contribution in [1.29, 1.82) is 0 Å². The van der Waals surface area contributed by atoms with Crippen LogP contribution in [0.1, 0.15) is 5.56 Å². The Kier molecular flexibility index (Phi) is 3.82. The van der Waals surface area contributed by atoms with Crippen LogP contribution in [-0.2, 0) is 10.3 Å². The molecule has 0 aliphatic heterocycles. The first-order chi connectivity index (χ1) is 9.13. The summed E-state index contributed by atoms with van der Waals surface area (Å²) in [4.78, 5) is 11.4. The molecule has 19 heavy (non-hydrogen) atoms. The van der Waals surface area contributed by atoms with Crippen LogP contribution in [-0.4, -0.2) is 17.7 Å². The van der Waals surface area contributed by atoms with E-state index in [1.807, 2.05) is 24.3 Å².